The number of hydrogen-bond donors (Lipinski definition) is 0. The van der Waals surface area contributed by atoms with Crippen LogP contribution in [0, 0.1) is 11.6 Å². The molecule has 0 atom stereocenters. The quantitative estimate of drug-likeness (QED) is 0.100. The van der Waals surface area contributed by atoms with Gasteiger partial charge in [0.25, 0.3) is 0 Å². The van der Waals surface area contributed by atoms with Crippen LogP contribution in [-0.2, 0) is 0 Å². The Labute approximate surface area is 590 Å². The molecule has 0 bridgehead atoms. The Morgan fingerprint density at radius 1 is 0.228 bits per heavy atom. The number of hydrogen-bond acceptors (Lipinski definition) is 2. The second-order valence-electron chi connectivity index (χ2n) is 20.5. The van der Waals surface area contributed by atoms with E-state index < -0.39 is 365 Å². The highest BCUT2D eigenvalue weighted by molar-refractivity contribution is 6.28. The molecular weight excluding hydrogens is 1120 g/mol. The number of nitrogens with zero attached hydrogens (tertiary/aromatic N) is 2. The van der Waals surface area contributed by atoms with E-state index >= 15 is 8.78 Å². The van der Waals surface area contributed by atoms with Gasteiger partial charge >= 0.3 is 0 Å². The van der Waals surface area contributed by atoms with Crippen molar-refractivity contribution < 1.29 is 63.6 Å². The van der Waals surface area contributed by atoms with Crippen molar-refractivity contribution in [3.8, 4) is 89.0 Å². The Balaban J connectivity index is 1.12. The van der Waals surface area contributed by atoms with Gasteiger partial charge in [-0.2, -0.15) is 0 Å². The Hall–Kier alpha value is -12.0. The van der Waals surface area contributed by atoms with E-state index in [0.717, 1.165) is 58.3 Å². The van der Waals surface area contributed by atoms with E-state index in [2.05, 4.69) is 0 Å². The van der Waals surface area contributed by atoms with E-state index in [-0.39, 0.29) is 43.7 Å². The molecule has 0 saturated carbocycles. The molecule has 92 heavy (non-hydrogen) atoms. The second kappa shape index (κ2) is 23.8. The molecule has 4 heteroatoms. The molecule has 0 aliphatic heterocycles. The smallest absolute Gasteiger partial charge is 0.148 e. The van der Waals surface area contributed by atoms with E-state index in [4.69, 9.17) is 32.9 Å². The van der Waals surface area contributed by atoms with Gasteiger partial charge in [0.05, 0.1) is 77.6 Å². The van der Waals surface area contributed by atoms with Gasteiger partial charge < -0.3 is 9.80 Å². The first-order chi connectivity index (χ1) is 62.0. The molecule has 0 unspecified atom stereocenters. The van der Waals surface area contributed by atoms with Crippen molar-refractivity contribution in [1.29, 1.82) is 0 Å². The molecule has 0 aromatic heterocycles. The molecule has 0 fully saturated rings. The maximum Gasteiger partial charge on any atom is 0.148 e. The average molecular weight is 1220 g/mol. The lowest BCUT2D eigenvalue weighted by molar-refractivity contribution is 0.629. The SMILES string of the molecule is [2H]c1c([2H])c([2H])c(-c2cc(-c3c([2H])c([2H])c([2H])c([2H])c3[2H])cc(N(c3c(F)cc(-c4c([2H])c([2H])c([2H])c([2H])c4[2H])cc3-c3c([2H])c([2H])c([2H])c([2H])c3[2H])c3ccc4ccc5c(N(c6cc(-c7c([2H])c([2H])c([2H])c([2H])c7[2H])cc(-c7c([2H])c([2H])c([2H])c([2H])c7[2H])c6)c6c(F)cc(-c7c([2H])c([2H])c([2H])c([2H])c7[2H])cc6-c6c([2H])c([2H])c([2H])c([2H])c6[2H])ccc6ccc3c4c65)c2)c([2H])c1[2H]. The van der Waals surface area contributed by atoms with Gasteiger partial charge in [-0.15, -0.1) is 0 Å². The van der Waals surface area contributed by atoms with Crippen molar-refractivity contribution in [1.82, 2.24) is 0 Å². The minimum atomic E-state index is -1.54. The zero-order valence-corrected chi connectivity index (χ0v) is 47.0. The molecule has 434 valence electrons. The van der Waals surface area contributed by atoms with Crippen LogP contribution in [0.25, 0.3) is 121 Å². The lowest BCUT2D eigenvalue weighted by atomic mass is 9.90. The Morgan fingerprint density at radius 2 is 0.467 bits per heavy atom. The topological polar surface area (TPSA) is 6.48 Å². The van der Waals surface area contributed by atoms with Crippen LogP contribution in [-0.4, -0.2) is 0 Å². The summed E-state index contributed by atoms with van der Waals surface area (Å²) in [6.45, 7) is 0. The summed E-state index contributed by atoms with van der Waals surface area (Å²) in [6, 6.07) is -16.1. The molecule has 16 rings (SSSR count). The molecule has 0 radical (unpaired) electrons. The molecule has 0 heterocycles. The molecule has 0 saturated heterocycles. The Kier molecular flexibility index (Phi) is 7.10. The summed E-state index contributed by atoms with van der Waals surface area (Å²) in [7, 11) is 0. The second-order valence-corrected chi connectivity index (χ2v) is 20.5. The van der Waals surface area contributed by atoms with Crippen molar-refractivity contribution in [2.24, 2.45) is 0 Å². The van der Waals surface area contributed by atoms with Crippen molar-refractivity contribution in [3.05, 3.63) is 363 Å². The summed E-state index contributed by atoms with van der Waals surface area (Å²) in [5.41, 5.74) is -13.3. The third-order valence-electron chi connectivity index (χ3n) is 15.3. The highest BCUT2D eigenvalue weighted by Gasteiger charge is 2.30. The van der Waals surface area contributed by atoms with E-state index in [1.165, 1.54) is 48.5 Å². The molecule has 16 aromatic rings. The van der Waals surface area contributed by atoms with Crippen LogP contribution in [0.5, 0.6) is 0 Å². The third kappa shape index (κ3) is 10.3. The number of benzene rings is 16. The lowest BCUT2D eigenvalue weighted by Crippen LogP contribution is -2.15. The van der Waals surface area contributed by atoms with Crippen LogP contribution in [0.15, 0.2) is 351 Å². The van der Waals surface area contributed by atoms with Gasteiger partial charge in [0, 0.05) is 33.3 Å². The number of rotatable bonds is 14. The van der Waals surface area contributed by atoms with Crippen LogP contribution >= 0.6 is 0 Å². The molecule has 0 aliphatic rings. The normalized spacial score (nSPS) is 17.5. The number of halogens is 2. The van der Waals surface area contributed by atoms with Gasteiger partial charge in [-0.05, 0) is 172 Å². The standard InChI is InChI=1S/C88H58F2N2/c89-81-57-73(63-33-17-5-18-34-63)55-79(65-37-21-7-22-38-65)87(81)91(75-51-69(59-25-9-1-10-26-59)49-70(52-75)60-27-11-2-12-28-60)83-47-43-67-42-46-78-84(48-44-68-41-45-77(83)85(67)86(68)78)92(76-53-71(61-29-13-3-14-30-61)50-72(54-76)62-31-15-4-16-32-62)88-80(66-39-23-8-24-40-66)56-74(58-82(88)90)64-35-19-6-20-36-64/h1-58H/i1D,2D,3D,4D,5D,6D,7D,8D,9D,10D,11D,12D,13D,14D,15D,16D,17D,18D,19D,20D,21D,22D,23D,24D,25D,26D,27D,28D,29D,30D,31D,32D,33D,34D,35D,36D,37D,38D,39D,40D. The average Bonchev–Trinajstić information content (AvgIpc) is 0.705. The fourth-order valence-corrected chi connectivity index (χ4v) is 11.5. The van der Waals surface area contributed by atoms with Gasteiger partial charge in [-0.1, -0.05) is 278 Å². The first-order valence-corrected chi connectivity index (χ1v) is 27.9. The molecule has 16 aromatic carbocycles. The summed E-state index contributed by atoms with van der Waals surface area (Å²) >= 11 is 0. The zero-order chi connectivity index (χ0) is 96.3. The highest BCUT2D eigenvalue weighted by Crippen LogP contribution is 2.53. The van der Waals surface area contributed by atoms with Crippen molar-refractivity contribution in [2.75, 3.05) is 9.80 Å². The first kappa shape index (κ1) is 27.4. The van der Waals surface area contributed by atoms with Crippen molar-refractivity contribution in [3.63, 3.8) is 0 Å². The van der Waals surface area contributed by atoms with Crippen molar-refractivity contribution >= 4 is 66.4 Å². The molecule has 0 N–H and O–H groups in total. The summed E-state index contributed by atoms with van der Waals surface area (Å²) in [5.74, 6) is -3.07. The highest BCUT2D eigenvalue weighted by atomic mass is 19.1. The van der Waals surface area contributed by atoms with Gasteiger partial charge in [0.2, 0.25) is 0 Å². The van der Waals surface area contributed by atoms with E-state index in [1.807, 2.05) is 0 Å². The summed E-state index contributed by atoms with van der Waals surface area (Å²) in [4.78, 5) is 2.05. The fourth-order valence-electron chi connectivity index (χ4n) is 11.5. The molecule has 0 spiro atoms. The minimum absolute atomic E-state index is 0.0537. The lowest BCUT2D eigenvalue weighted by Gasteiger charge is -2.32. The third-order valence-corrected chi connectivity index (χ3v) is 15.3. The molecule has 0 amide bonds. The van der Waals surface area contributed by atoms with E-state index in [1.54, 1.807) is 0 Å². The van der Waals surface area contributed by atoms with Crippen LogP contribution in [0.1, 0.15) is 54.8 Å². The summed E-state index contributed by atoms with van der Waals surface area (Å²) in [6.07, 6.45) is 0. The maximum atomic E-state index is 19.8. The summed E-state index contributed by atoms with van der Waals surface area (Å²) < 4.78 is 403. The Bertz CT molecular complexity index is 7030. The van der Waals surface area contributed by atoms with Gasteiger partial charge in [-0.3, -0.25) is 0 Å². The van der Waals surface area contributed by atoms with E-state index in [9.17, 15) is 21.9 Å². The zero-order valence-electron chi connectivity index (χ0n) is 87.0. The predicted molar refractivity (Wildman–Crippen MR) is 383 cm³/mol. The first-order valence-electron chi connectivity index (χ1n) is 47.9. The van der Waals surface area contributed by atoms with Gasteiger partial charge in [0.15, 0.2) is 0 Å². The van der Waals surface area contributed by atoms with Crippen LogP contribution < -0.4 is 9.80 Å². The van der Waals surface area contributed by atoms with E-state index in [0.29, 0.717) is 12.1 Å². The molecule has 2 nitrogen and oxygen atoms in total. The van der Waals surface area contributed by atoms with Gasteiger partial charge in [-0.25, -0.2) is 8.78 Å². The largest absolute Gasteiger partial charge is 0.306 e. The monoisotopic (exact) mass is 1220 g/mol. The minimum Gasteiger partial charge on any atom is -0.306 e. The van der Waals surface area contributed by atoms with Crippen molar-refractivity contribution in [2.45, 2.75) is 0 Å². The number of anilines is 6. The van der Waals surface area contributed by atoms with Gasteiger partial charge in [0.1, 0.15) is 11.6 Å². The fraction of sp³-hybridized carbons (Fsp3) is 0. The molecular formula is C88H58F2N2. The summed E-state index contributed by atoms with van der Waals surface area (Å²) in [5, 5.41) is 0.386. The predicted octanol–water partition coefficient (Wildman–Crippen LogP) is 25.1. The maximum absolute atomic E-state index is 19.8. The molecule has 0 aliphatic carbocycles. The Morgan fingerprint density at radius 3 is 0.739 bits per heavy atom. The van der Waals surface area contributed by atoms with Crippen LogP contribution in [0.4, 0.5) is 42.9 Å². The van der Waals surface area contributed by atoms with Crippen LogP contribution in [0.2, 0.25) is 0 Å². The van der Waals surface area contributed by atoms with Crippen LogP contribution in [0.3, 0.4) is 0 Å².